The number of ether oxygens (including phenoxy) is 4. The second kappa shape index (κ2) is 9.68. The van der Waals surface area contributed by atoms with Gasteiger partial charge in [0.2, 0.25) is 5.75 Å². The molecule has 0 aliphatic rings. The van der Waals surface area contributed by atoms with E-state index in [-0.39, 0.29) is 17.1 Å². The molecule has 0 aliphatic carbocycles. The maximum absolute atomic E-state index is 11.7. The summed E-state index contributed by atoms with van der Waals surface area (Å²) in [5.74, 6) is 0.223. The minimum atomic E-state index is -1.12. The molecule has 0 amide bonds. The molecule has 2 rings (SSSR count). The first kappa shape index (κ1) is 20.4. The van der Waals surface area contributed by atoms with Gasteiger partial charge < -0.3 is 29.4 Å². The summed E-state index contributed by atoms with van der Waals surface area (Å²) in [7, 11) is 6.21. The predicted molar refractivity (Wildman–Crippen MR) is 103 cm³/mol. The Bertz CT molecular complexity index is 790. The molecule has 0 saturated carbocycles. The molecular formula is C20H25NO6. The minimum Gasteiger partial charge on any atom is -0.493 e. The monoisotopic (exact) mass is 375 g/mol. The molecule has 0 unspecified atom stereocenters. The van der Waals surface area contributed by atoms with E-state index in [4.69, 9.17) is 18.9 Å². The van der Waals surface area contributed by atoms with Crippen LogP contribution in [0.2, 0.25) is 0 Å². The van der Waals surface area contributed by atoms with Gasteiger partial charge in [-0.1, -0.05) is 18.2 Å². The Morgan fingerprint density at radius 3 is 2.26 bits per heavy atom. The number of hydrogen-bond acceptors (Lipinski definition) is 6. The summed E-state index contributed by atoms with van der Waals surface area (Å²) in [6.45, 7) is 1.37. The summed E-state index contributed by atoms with van der Waals surface area (Å²) in [6, 6.07) is 8.92. The lowest BCUT2D eigenvalue weighted by Gasteiger charge is -2.19. The van der Waals surface area contributed by atoms with Crippen molar-refractivity contribution in [3.05, 3.63) is 35.9 Å². The normalized spacial score (nSPS) is 10.4. The fourth-order valence-corrected chi connectivity index (χ4v) is 2.82. The number of rotatable bonds is 10. The lowest BCUT2D eigenvalue weighted by atomic mass is 9.99. The highest BCUT2D eigenvalue weighted by atomic mass is 16.5. The third kappa shape index (κ3) is 4.43. The summed E-state index contributed by atoms with van der Waals surface area (Å²) in [4.78, 5) is 11.7. The van der Waals surface area contributed by atoms with Crippen LogP contribution in [0, 0.1) is 0 Å². The predicted octanol–water partition coefficient (Wildman–Crippen LogP) is 3.07. The number of carboxylic acid groups (broad SMARTS) is 1. The highest BCUT2D eigenvalue weighted by Crippen LogP contribution is 2.48. The van der Waals surface area contributed by atoms with Crippen molar-refractivity contribution in [3.63, 3.8) is 0 Å². The molecule has 0 aromatic heterocycles. The molecule has 0 bridgehead atoms. The standard InChI is InChI=1S/C20H25NO6/c1-21-10-7-11-27-16-9-6-5-8-13(16)14-12-15(20(22)23)18(25-3)19(26-4)17(14)24-2/h5-6,8-9,12,21H,7,10-11H2,1-4H3,(H,22,23). The number of carboxylic acids is 1. The Morgan fingerprint density at radius 2 is 1.67 bits per heavy atom. The first-order chi connectivity index (χ1) is 13.1. The van der Waals surface area contributed by atoms with Crippen molar-refractivity contribution in [2.45, 2.75) is 6.42 Å². The van der Waals surface area contributed by atoms with Crippen LogP contribution in [0.4, 0.5) is 0 Å². The average molecular weight is 375 g/mol. The van der Waals surface area contributed by atoms with Crippen LogP contribution in [0.25, 0.3) is 11.1 Å². The van der Waals surface area contributed by atoms with E-state index < -0.39 is 5.97 Å². The van der Waals surface area contributed by atoms with Crippen LogP contribution < -0.4 is 24.3 Å². The van der Waals surface area contributed by atoms with E-state index in [9.17, 15) is 9.90 Å². The molecule has 7 nitrogen and oxygen atoms in total. The molecule has 0 heterocycles. The SMILES string of the molecule is CNCCCOc1ccccc1-c1cc(C(=O)O)c(OC)c(OC)c1OC. The Hall–Kier alpha value is -2.93. The van der Waals surface area contributed by atoms with Gasteiger partial charge in [0.05, 0.1) is 27.9 Å². The first-order valence-corrected chi connectivity index (χ1v) is 8.52. The zero-order chi connectivity index (χ0) is 19.8. The van der Waals surface area contributed by atoms with Gasteiger partial charge in [-0.05, 0) is 32.1 Å². The van der Waals surface area contributed by atoms with Crippen molar-refractivity contribution in [1.82, 2.24) is 5.32 Å². The summed E-state index contributed by atoms with van der Waals surface area (Å²) < 4.78 is 22.1. The molecule has 0 radical (unpaired) electrons. The molecular weight excluding hydrogens is 350 g/mol. The largest absolute Gasteiger partial charge is 0.493 e. The highest BCUT2D eigenvalue weighted by Gasteiger charge is 2.26. The molecule has 2 aromatic carbocycles. The van der Waals surface area contributed by atoms with Crippen LogP contribution >= 0.6 is 0 Å². The quantitative estimate of drug-likeness (QED) is 0.617. The zero-order valence-corrected chi connectivity index (χ0v) is 16.0. The number of benzene rings is 2. The fourth-order valence-electron chi connectivity index (χ4n) is 2.82. The van der Waals surface area contributed by atoms with Gasteiger partial charge >= 0.3 is 5.97 Å². The van der Waals surface area contributed by atoms with Gasteiger partial charge in [-0.25, -0.2) is 4.79 Å². The van der Waals surface area contributed by atoms with Gasteiger partial charge in [0.25, 0.3) is 0 Å². The van der Waals surface area contributed by atoms with Gasteiger partial charge in [0.15, 0.2) is 11.5 Å². The summed E-state index contributed by atoms with van der Waals surface area (Å²) >= 11 is 0. The first-order valence-electron chi connectivity index (χ1n) is 8.52. The third-order valence-corrected chi connectivity index (χ3v) is 4.04. The molecule has 7 heteroatoms. The molecule has 0 fully saturated rings. The van der Waals surface area contributed by atoms with Crippen molar-refractivity contribution >= 4 is 5.97 Å². The minimum absolute atomic E-state index is 0.0184. The number of methoxy groups -OCH3 is 3. The highest BCUT2D eigenvalue weighted by molar-refractivity contribution is 5.96. The Balaban J connectivity index is 2.61. The lowest BCUT2D eigenvalue weighted by Crippen LogP contribution is -2.11. The maximum atomic E-state index is 11.7. The molecule has 0 saturated heterocycles. The number of para-hydroxylation sites is 1. The molecule has 0 spiro atoms. The number of aromatic carboxylic acids is 1. The maximum Gasteiger partial charge on any atom is 0.339 e. The molecule has 0 aliphatic heterocycles. The van der Waals surface area contributed by atoms with Crippen LogP contribution in [0.1, 0.15) is 16.8 Å². The van der Waals surface area contributed by atoms with Gasteiger partial charge in [-0.2, -0.15) is 0 Å². The van der Waals surface area contributed by atoms with Crippen LogP contribution in [-0.4, -0.2) is 52.6 Å². The van der Waals surface area contributed by atoms with E-state index in [1.54, 1.807) is 0 Å². The van der Waals surface area contributed by atoms with Gasteiger partial charge in [0, 0.05) is 11.1 Å². The summed E-state index contributed by atoms with van der Waals surface area (Å²) in [6.07, 6.45) is 0.842. The Kier molecular flexibility index (Phi) is 7.31. The van der Waals surface area contributed by atoms with E-state index in [2.05, 4.69) is 5.32 Å². The topological polar surface area (TPSA) is 86.3 Å². The van der Waals surface area contributed by atoms with Crippen molar-refractivity contribution in [1.29, 1.82) is 0 Å². The second-order valence-electron chi connectivity index (χ2n) is 5.68. The van der Waals surface area contributed by atoms with Crippen LogP contribution in [0.5, 0.6) is 23.0 Å². The smallest absolute Gasteiger partial charge is 0.339 e. The molecule has 27 heavy (non-hydrogen) atoms. The lowest BCUT2D eigenvalue weighted by molar-refractivity contribution is 0.0692. The molecule has 0 atom stereocenters. The van der Waals surface area contributed by atoms with Crippen molar-refractivity contribution in [2.75, 3.05) is 41.5 Å². The van der Waals surface area contributed by atoms with E-state index >= 15 is 0 Å². The Morgan fingerprint density at radius 1 is 1.00 bits per heavy atom. The van der Waals surface area contributed by atoms with Crippen molar-refractivity contribution < 1.29 is 28.8 Å². The molecule has 146 valence electrons. The van der Waals surface area contributed by atoms with Crippen LogP contribution in [-0.2, 0) is 0 Å². The third-order valence-electron chi connectivity index (χ3n) is 4.04. The van der Waals surface area contributed by atoms with E-state index in [1.165, 1.54) is 27.4 Å². The molecule has 2 aromatic rings. The van der Waals surface area contributed by atoms with Gasteiger partial charge in [-0.3, -0.25) is 0 Å². The number of carbonyl (C=O) groups is 1. The molecule has 2 N–H and O–H groups in total. The number of nitrogens with one attached hydrogen (secondary N) is 1. The summed E-state index contributed by atoms with van der Waals surface area (Å²) in [5, 5.41) is 12.7. The number of hydrogen-bond donors (Lipinski definition) is 2. The Labute approximate surface area is 158 Å². The van der Waals surface area contributed by atoms with E-state index in [0.29, 0.717) is 29.2 Å². The van der Waals surface area contributed by atoms with Crippen LogP contribution in [0.15, 0.2) is 30.3 Å². The average Bonchev–Trinajstić information content (AvgIpc) is 2.69. The van der Waals surface area contributed by atoms with Gasteiger partial charge in [-0.15, -0.1) is 0 Å². The zero-order valence-electron chi connectivity index (χ0n) is 16.0. The summed E-state index contributed by atoms with van der Waals surface area (Å²) in [5.41, 5.74) is 1.24. The fraction of sp³-hybridized carbons (Fsp3) is 0.350. The second-order valence-corrected chi connectivity index (χ2v) is 5.68. The van der Waals surface area contributed by atoms with E-state index in [0.717, 1.165) is 13.0 Å². The van der Waals surface area contributed by atoms with Crippen molar-refractivity contribution in [3.8, 4) is 34.1 Å². The van der Waals surface area contributed by atoms with E-state index in [1.807, 2.05) is 31.3 Å². The van der Waals surface area contributed by atoms with Crippen molar-refractivity contribution in [2.24, 2.45) is 0 Å². The van der Waals surface area contributed by atoms with Crippen LogP contribution in [0.3, 0.4) is 0 Å². The van der Waals surface area contributed by atoms with Gasteiger partial charge in [0.1, 0.15) is 11.3 Å².